The predicted molar refractivity (Wildman–Crippen MR) is 64.4 cm³/mol. The number of hydrogen-bond acceptors (Lipinski definition) is 2. The molecule has 14 heavy (non-hydrogen) atoms. The van der Waals surface area contributed by atoms with Gasteiger partial charge in [-0.15, -0.1) is 0 Å². The average molecular weight is 276 g/mol. The van der Waals surface area contributed by atoms with Crippen molar-refractivity contribution < 1.29 is 0 Å². The Hall–Kier alpha value is -0.250. The van der Waals surface area contributed by atoms with Gasteiger partial charge in [-0.05, 0) is 24.3 Å². The van der Waals surface area contributed by atoms with Crippen LogP contribution < -0.4 is 10.2 Å². The maximum Gasteiger partial charge on any atom is 0.0808 e. The van der Waals surface area contributed by atoms with Crippen LogP contribution in [0.25, 0.3) is 0 Å². The molecule has 4 heteroatoms. The zero-order valence-corrected chi connectivity index (χ0v) is 10.1. The van der Waals surface area contributed by atoms with Crippen LogP contribution in [0, 0.1) is 0 Å². The first kappa shape index (κ1) is 10.3. The van der Waals surface area contributed by atoms with Gasteiger partial charge in [-0.25, -0.2) is 0 Å². The van der Waals surface area contributed by atoms with Crippen LogP contribution in [0.5, 0.6) is 0 Å². The highest BCUT2D eigenvalue weighted by molar-refractivity contribution is 9.09. The van der Waals surface area contributed by atoms with E-state index in [9.17, 15) is 0 Å². The van der Waals surface area contributed by atoms with E-state index in [-0.39, 0.29) is 0 Å². The number of rotatable bonds is 1. The molecule has 0 amide bonds. The third-order valence-electron chi connectivity index (χ3n) is 2.32. The van der Waals surface area contributed by atoms with Crippen LogP contribution in [0.15, 0.2) is 24.3 Å². The summed E-state index contributed by atoms with van der Waals surface area (Å²) < 4.78 is 0. The van der Waals surface area contributed by atoms with Crippen LogP contribution in [-0.2, 0) is 0 Å². The van der Waals surface area contributed by atoms with Crippen LogP contribution in [0.1, 0.15) is 0 Å². The van der Waals surface area contributed by atoms with Gasteiger partial charge in [0.05, 0.1) is 4.95 Å². The lowest BCUT2D eigenvalue weighted by Crippen LogP contribution is -2.47. The van der Waals surface area contributed by atoms with Crippen molar-refractivity contribution >= 4 is 33.2 Å². The Morgan fingerprint density at radius 2 is 2.07 bits per heavy atom. The minimum atomic E-state index is 0.381. The lowest BCUT2D eigenvalue weighted by Gasteiger charge is -2.32. The third-order valence-corrected chi connectivity index (χ3v) is 3.19. The number of nitrogens with zero attached hydrogens (tertiary/aromatic N) is 1. The van der Waals surface area contributed by atoms with E-state index in [0.717, 1.165) is 24.7 Å². The lowest BCUT2D eigenvalue weighted by molar-refractivity contribution is 0.565. The third kappa shape index (κ3) is 2.41. The van der Waals surface area contributed by atoms with E-state index in [2.05, 4.69) is 38.3 Å². The summed E-state index contributed by atoms with van der Waals surface area (Å²) in [4.78, 5) is 2.72. The Kier molecular flexibility index (Phi) is 3.31. The summed E-state index contributed by atoms with van der Waals surface area (Å²) in [5.74, 6) is 0. The van der Waals surface area contributed by atoms with Crippen LogP contribution in [0.4, 0.5) is 5.69 Å². The molecule has 1 unspecified atom stereocenters. The predicted octanol–water partition coefficient (Wildman–Crippen LogP) is 2.47. The van der Waals surface area contributed by atoms with E-state index in [1.807, 2.05) is 12.1 Å². The minimum absolute atomic E-state index is 0.381. The van der Waals surface area contributed by atoms with Gasteiger partial charge in [0.25, 0.3) is 0 Å². The van der Waals surface area contributed by atoms with Gasteiger partial charge in [0.15, 0.2) is 0 Å². The average Bonchev–Trinajstić information content (AvgIpc) is 2.19. The van der Waals surface area contributed by atoms with E-state index in [1.165, 1.54) is 5.69 Å². The number of benzene rings is 1. The minimum Gasteiger partial charge on any atom is -0.368 e. The van der Waals surface area contributed by atoms with Crippen molar-refractivity contribution in [1.29, 1.82) is 0 Å². The molecule has 1 heterocycles. The molecule has 1 aromatic rings. The first-order chi connectivity index (χ1) is 6.75. The van der Waals surface area contributed by atoms with Crippen LogP contribution in [-0.4, -0.2) is 24.6 Å². The van der Waals surface area contributed by atoms with E-state index in [0.29, 0.717) is 4.95 Å². The molecule has 2 nitrogen and oxygen atoms in total. The highest BCUT2D eigenvalue weighted by Crippen LogP contribution is 2.19. The summed E-state index contributed by atoms with van der Waals surface area (Å²) in [6.45, 7) is 3.05. The lowest BCUT2D eigenvalue weighted by atomic mass is 10.2. The molecule has 1 fully saturated rings. The molecule has 1 aromatic carbocycles. The number of halogens is 2. The van der Waals surface area contributed by atoms with Gasteiger partial charge in [-0.3, -0.25) is 0 Å². The monoisotopic (exact) mass is 274 g/mol. The molecule has 1 N–H and O–H groups in total. The van der Waals surface area contributed by atoms with Crippen molar-refractivity contribution in [2.45, 2.75) is 4.95 Å². The second kappa shape index (κ2) is 4.51. The SMILES string of the molecule is Clc1ccc(N2CCNC(Br)C2)cc1. The van der Waals surface area contributed by atoms with Crippen molar-refractivity contribution in [2.75, 3.05) is 24.5 Å². The molecule has 0 spiro atoms. The highest BCUT2D eigenvalue weighted by atomic mass is 79.9. The second-order valence-corrected chi connectivity index (χ2v) is 4.89. The number of anilines is 1. The summed E-state index contributed by atoms with van der Waals surface area (Å²) in [5.41, 5.74) is 1.24. The first-order valence-corrected chi connectivity index (χ1v) is 5.93. The molecule has 2 rings (SSSR count). The molecule has 76 valence electrons. The molecule has 1 aliphatic rings. The zero-order chi connectivity index (χ0) is 9.97. The maximum absolute atomic E-state index is 5.84. The summed E-state index contributed by atoms with van der Waals surface area (Å²) >= 11 is 9.40. The number of piperazine rings is 1. The van der Waals surface area contributed by atoms with Gasteiger partial charge in [-0.2, -0.15) is 0 Å². The first-order valence-electron chi connectivity index (χ1n) is 4.64. The molecule has 0 aliphatic carbocycles. The second-order valence-electron chi connectivity index (χ2n) is 3.34. The normalized spacial score (nSPS) is 22.4. The largest absolute Gasteiger partial charge is 0.368 e. The Bertz CT molecular complexity index is 301. The number of nitrogens with one attached hydrogen (secondary N) is 1. The van der Waals surface area contributed by atoms with E-state index in [4.69, 9.17) is 11.6 Å². The molecule has 1 saturated heterocycles. The molecular formula is C10H12BrClN2. The standard InChI is InChI=1S/C10H12BrClN2/c11-10-7-14(6-5-13-10)9-3-1-8(12)2-4-9/h1-4,10,13H,5-7H2. The van der Waals surface area contributed by atoms with Crippen molar-refractivity contribution in [3.05, 3.63) is 29.3 Å². The van der Waals surface area contributed by atoms with Crippen LogP contribution in [0.3, 0.4) is 0 Å². The van der Waals surface area contributed by atoms with Gasteiger partial charge < -0.3 is 10.2 Å². The van der Waals surface area contributed by atoms with E-state index in [1.54, 1.807) is 0 Å². The summed E-state index contributed by atoms with van der Waals surface area (Å²) in [5, 5.41) is 4.13. The van der Waals surface area contributed by atoms with Gasteiger partial charge >= 0.3 is 0 Å². The molecule has 0 saturated carbocycles. The molecule has 0 radical (unpaired) electrons. The fourth-order valence-corrected chi connectivity index (χ4v) is 2.30. The molecule has 1 aliphatic heterocycles. The Labute approximate surface area is 97.4 Å². The highest BCUT2D eigenvalue weighted by Gasteiger charge is 2.16. The summed E-state index contributed by atoms with van der Waals surface area (Å²) in [6, 6.07) is 7.99. The van der Waals surface area contributed by atoms with Gasteiger partial charge in [0.1, 0.15) is 0 Å². The maximum atomic E-state index is 5.84. The van der Waals surface area contributed by atoms with Crippen molar-refractivity contribution in [2.24, 2.45) is 0 Å². The van der Waals surface area contributed by atoms with Crippen LogP contribution in [0.2, 0.25) is 5.02 Å². The van der Waals surface area contributed by atoms with E-state index >= 15 is 0 Å². The molecular weight excluding hydrogens is 263 g/mol. The fourth-order valence-electron chi connectivity index (χ4n) is 1.59. The van der Waals surface area contributed by atoms with Crippen molar-refractivity contribution in [3.8, 4) is 0 Å². The van der Waals surface area contributed by atoms with Gasteiger partial charge in [0, 0.05) is 30.3 Å². The summed E-state index contributed by atoms with van der Waals surface area (Å²) in [7, 11) is 0. The Morgan fingerprint density at radius 3 is 2.71 bits per heavy atom. The van der Waals surface area contributed by atoms with Gasteiger partial charge in [0.2, 0.25) is 0 Å². The Morgan fingerprint density at radius 1 is 1.36 bits per heavy atom. The fraction of sp³-hybridized carbons (Fsp3) is 0.400. The zero-order valence-electron chi connectivity index (χ0n) is 7.71. The van der Waals surface area contributed by atoms with E-state index < -0.39 is 0 Å². The number of alkyl halides is 1. The van der Waals surface area contributed by atoms with Crippen molar-refractivity contribution in [1.82, 2.24) is 5.32 Å². The number of hydrogen-bond donors (Lipinski definition) is 1. The van der Waals surface area contributed by atoms with Gasteiger partial charge in [-0.1, -0.05) is 27.5 Å². The molecule has 0 aromatic heterocycles. The molecule has 0 bridgehead atoms. The van der Waals surface area contributed by atoms with Crippen molar-refractivity contribution in [3.63, 3.8) is 0 Å². The van der Waals surface area contributed by atoms with Crippen LogP contribution >= 0.6 is 27.5 Å². The Balaban J connectivity index is 2.10. The smallest absolute Gasteiger partial charge is 0.0808 e. The summed E-state index contributed by atoms with van der Waals surface area (Å²) in [6.07, 6.45) is 0. The topological polar surface area (TPSA) is 15.3 Å². The molecule has 1 atom stereocenters. The quantitative estimate of drug-likeness (QED) is 0.626.